The number of benzene rings is 3. The van der Waals surface area contributed by atoms with Crippen molar-refractivity contribution in [2.24, 2.45) is 0 Å². The molecule has 3 aromatic rings. The predicted octanol–water partition coefficient (Wildman–Crippen LogP) is 4.90. The Balaban J connectivity index is 1.86. The molecule has 5 nitrogen and oxygen atoms in total. The van der Waals surface area contributed by atoms with E-state index in [1.807, 2.05) is 63.2 Å². The van der Waals surface area contributed by atoms with Crippen molar-refractivity contribution in [2.45, 2.75) is 38.6 Å². The molecule has 0 saturated heterocycles. The molecule has 6 heteroatoms. The van der Waals surface area contributed by atoms with Gasteiger partial charge in [0.05, 0.1) is 16.6 Å². The topological polar surface area (TPSA) is 75.3 Å². The fourth-order valence-corrected chi connectivity index (χ4v) is 4.67. The summed E-state index contributed by atoms with van der Waals surface area (Å²) < 4.78 is 28.7. The molecule has 1 amide bonds. The number of hydrogen-bond donors (Lipinski definition) is 2. The minimum absolute atomic E-state index is 0.0856. The summed E-state index contributed by atoms with van der Waals surface area (Å²) in [5.74, 6) is -0.325. The molecular weight excluding hydrogens is 396 g/mol. The van der Waals surface area contributed by atoms with Gasteiger partial charge in [-0.2, -0.15) is 0 Å². The number of nitrogens with one attached hydrogen (secondary N) is 2. The Morgan fingerprint density at radius 1 is 0.867 bits per heavy atom. The standard InChI is InChI=1S/C24H26N2O3S/c1-16-10-13-22(18(3)14-16)26-30(28,29)23-15-21(12-11-17(23)2)24(27)25-19(4)20-8-6-5-7-9-20/h5-15,19,26H,1-4H3,(H,25,27)/t19-/m0/s1. The highest BCUT2D eigenvalue weighted by atomic mass is 32.2. The summed E-state index contributed by atoms with van der Waals surface area (Å²) in [7, 11) is -3.85. The maximum atomic E-state index is 13.0. The zero-order valence-corrected chi connectivity index (χ0v) is 18.4. The van der Waals surface area contributed by atoms with E-state index in [1.54, 1.807) is 25.1 Å². The van der Waals surface area contributed by atoms with E-state index in [0.717, 1.165) is 16.7 Å². The summed E-state index contributed by atoms with van der Waals surface area (Å²) in [5, 5.41) is 2.92. The van der Waals surface area contributed by atoms with Gasteiger partial charge < -0.3 is 5.32 Å². The van der Waals surface area contributed by atoms with Crippen molar-refractivity contribution < 1.29 is 13.2 Å². The number of anilines is 1. The largest absolute Gasteiger partial charge is 0.346 e. The van der Waals surface area contributed by atoms with Gasteiger partial charge >= 0.3 is 0 Å². The maximum absolute atomic E-state index is 13.0. The van der Waals surface area contributed by atoms with Crippen molar-refractivity contribution in [1.29, 1.82) is 0 Å². The molecular formula is C24H26N2O3S. The monoisotopic (exact) mass is 422 g/mol. The first-order chi connectivity index (χ1) is 14.2. The molecule has 3 aromatic carbocycles. The zero-order chi connectivity index (χ0) is 21.9. The van der Waals surface area contributed by atoms with Gasteiger partial charge in [0.2, 0.25) is 0 Å². The number of rotatable bonds is 6. The number of aryl methyl sites for hydroxylation is 3. The highest BCUT2D eigenvalue weighted by Crippen LogP contribution is 2.24. The average molecular weight is 423 g/mol. The molecule has 0 fully saturated rings. The SMILES string of the molecule is Cc1ccc(NS(=O)(=O)c2cc(C(=O)N[C@@H](C)c3ccccc3)ccc2C)c(C)c1. The first-order valence-corrected chi connectivity index (χ1v) is 11.2. The van der Waals surface area contributed by atoms with E-state index in [9.17, 15) is 13.2 Å². The van der Waals surface area contributed by atoms with Gasteiger partial charge in [0, 0.05) is 5.56 Å². The molecule has 156 valence electrons. The zero-order valence-electron chi connectivity index (χ0n) is 17.6. The Bertz CT molecular complexity index is 1170. The van der Waals surface area contributed by atoms with Gasteiger partial charge in [-0.3, -0.25) is 9.52 Å². The molecule has 2 N–H and O–H groups in total. The molecule has 0 bridgehead atoms. The Labute approximate surface area is 178 Å². The number of carbonyl (C=O) groups is 1. The average Bonchev–Trinajstić information content (AvgIpc) is 2.71. The fourth-order valence-electron chi connectivity index (χ4n) is 3.26. The van der Waals surface area contributed by atoms with Crippen molar-refractivity contribution in [3.63, 3.8) is 0 Å². The van der Waals surface area contributed by atoms with Crippen molar-refractivity contribution >= 4 is 21.6 Å². The minimum atomic E-state index is -3.85. The summed E-state index contributed by atoms with van der Waals surface area (Å²) in [4.78, 5) is 12.8. The number of amides is 1. The summed E-state index contributed by atoms with van der Waals surface area (Å²) in [6, 6.07) is 19.6. The third-order valence-corrected chi connectivity index (χ3v) is 6.52. The van der Waals surface area contributed by atoms with Crippen LogP contribution in [0.25, 0.3) is 0 Å². The molecule has 0 saturated carbocycles. The van der Waals surface area contributed by atoms with Crippen LogP contribution in [0.4, 0.5) is 5.69 Å². The lowest BCUT2D eigenvalue weighted by molar-refractivity contribution is 0.0939. The summed E-state index contributed by atoms with van der Waals surface area (Å²) in [5.41, 5.74) is 4.25. The first-order valence-electron chi connectivity index (χ1n) is 9.74. The number of carbonyl (C=O) groups excluding carboxylic acids is 1. The predicted molar refractivity (Wildman–Crippen MR) is 120 cm³/mol. The second-order valence-electron chi connectivity index (χ2n) is 7.51. The van der Waals surface area contributed by atoms with Crippen molar-refractivity contribution in [1.82, 2.24) is 5.32 Å². The molecule has 0 unspecified atom stereocenters. The van der Waals surface area contributed by atoms with Crippen molar-refractivity contribution in [3.05, 3.63) is 94.5 Å². The third-order valence-electron chi connectivity index (χ3n) is 5.01. The molecule has 0 radical (unpaired) electrons. The second-order valence-corrected chi connectivity index (χ2v) is 9.16. The van der Waals surface area contributed by atoms with Gasteiger partial charge in [0.25, 0.3) is 15.9 Å². The lowest BCUT2D eigenvalue weighted by atomic mass is 10.1. The lowest BCUT2D eigenvalue weighted by Crippen LogP contribution is -2.27. The molecule has 3 rings (SSSR count). The number of hydrogen-bond acceptors (Lipinski definition) is 3. The second kappa shape index (κ2) is 8.71. The van der Waals surface area contributed by atoms with E-state index in [2.05, 4.69) is 10.0 Å². The van der Waals surface area contributed by atoms with Crippen LogP contribution in [0.5, 0.6) is 0 Å². The summed E-state index contributed by atoms with van der Waals surface area (Å²) in [6.07, 6.45) is 0. The van der Waals surface area contributed by atoms with Gasteiger partial charge in [-0.15, -0.1) is 0 Å². The van der Waals surface area contributed by atoms with Gasteiger partial charge in [-0.25, -0.2) is 8.42 Å². The van der Waals surface area contributed by atoms with Gasteiger partial charge in [0.1, 0.15) is 0 Å². The molecule has 0 spiro atoms. The van der Waals surface area contributed by atoms with Crippen LogP contribution in [0.1, 0.15) is 45.6 Å². The highest BCUT2D eigenvalue weighted by Gasteiger charge is 2.21. The Morgan fingerprint density at radius 3 is 2.23 bits per heavy atom. The molecule has 0 heterocycles. The van der Waals surface area contributed by atoms with Crippen LogP contribution >= 0.6 is 0 Å². The van der Waals surface area contributed by atoms with E-state index in [4.69, 9.17) is 0 Å². The normalized spacial score (nSPS) is 12.3. The molecule has 0 aromatic heterocycles. The van der Waals surface area contributed by atoms with Crippen LogP contribution in [0.2, 0.25) is 0 Å². The van der Waals surface area contributed by atoms with Gasteiger partial charge in [-0.05, 0) is 62.6 Å². The van der Waals surface area contributed by atoms with Crippen LogP contribution in [0, 0.1) is 20.8 Å². The Kier molecular flexibility index (Phi) is 6.27. The van der Waals surface area contributed by atoms with E-state index in [1.165, 1.54) is 6.07 Å². The molecule has 0 aliphatic rings. The van der Waals surface area contributed by atoms with Crippen LogP contribution in [-0.4, -0.2) is 14.3 Å². The van der Waals surface area contributed by atoms with E-state index in [-0.39, 0.29) is 16.8 Å². The fraction of sp³-hybridized carbons (Fsp3) is 0.208. The van der Waals surface area contributed by atoms with E-state index < -0.39 is 10.0 Å². The molecule has 0 aliphatic heterocycles. The van der Waals surface area contributed by atoms with Crippen LogP contribution < -0.4 is 10.0 Å². The van der Waals surface area contributed by atoms with Crippen molar-refractivity contribution in [2.75, 3.05) is 4.72 Å². The van der Waals surface area contributed by atoms with E-state index >= 15 is 0 Å². The van der Waals surface area contributed by atoms with Crippen LogP contribution in [-0.2, 0) is 10.0 Å². The molecule has 0 aliphatic carbocycles. The maximum Gasteiger partial charge on any atom is 0.262 e. The van der Waals surface area contributed by atoms with Gasteiger partial charge in [0.15, 0.2) is 0 Å². The molecule has 30 heavy (non-hydrogen) atoms. The van der Waals surface area contributed by atoms with Gasteiger partial charge in [-0.1, -0.05) is 54.1 Å². The molecule has 1 atom stereocenters. The van der Waals surface area contributed by atoms with Crippen molar-refractivity contribution in [3.8, 4) is 0 Å². The Morgan fingerprint density at radius 2 is 1.57 bits per heavy atom. The van der Waals surface area contributed by atoms with Crippen LogP contribution in [0.15, 0.2) is 71.6 Å². The minimum Gasteiger partial charge on any atom is -0.346 e. The Hall–Kier alpha value is -3.12. The van der Waals surface area contributed by atoms with E-state index in [0.29, 0.717) is 16.8 Å². The smallest absolute Gasteiger partial charge is 0.262 e. The summed E-state index contributed by atoms with van der Waals surface area (Å²) in [6.45, 7) is 7.41. The van der Waals surface area contributed by atoms with Crippen LogP contribution in [0.3, 0.4) is 0 Å². The third kappa shape index (κ3) is 4.89. The summed E-state index contributed by atoms with van der Waals surface area (Å²) >= 11 is 0. The highest BCUT2D eigenvalue weighted by molar-refractivity contribution is 7.92. The lowest BCUT2D eigenvalue weighted by Gasteiger charge is -2.16. The first kappa shape index (κ1) is 21.6. The quantitative estimate of drug-likeness (QED) is 0.593. The number of sulfonamides is 1.